The van der Waals surface area contributed by atoms with E-state index in [1.807, 2.05) is 32.0 Å². The average Bonchev–Trinajstić information content (AvgIpc) is 2.85. The van der Waals surface area contributed by atoms with Crippen LogP contribution >= 0.6 is 12.2 Å². The molecule has 106 valence electrons. The van der Waals surface area contributed by atoms with Crippen molar-refractivity contribution in [3.63, 3.8) is 0 Å². The summed E-state index contributed by atoms with van der Waals surface area (Å²) >= 11 is 5.01. The summed E-state index contributed by atoms with van der Waals surface area (Å²) in [5.74, 6) is 1.43. The maximum atomic E-state index is 5.56. The molecule has 6 nitrogen and oxygen atoms in total. The van der Waals surface area contributed by atoms with Crippen molar-refractivity contribution in [2.45, 2.75) is 13.8 Å². The van der Waals surface area contributed by atoms with Gasteiger partial charge in [0.15, 0.2) is 11.5 Å². The van der Waals surface area contributed by atoms with Crippen LogP contribution in [-0.4, -0.2) is 34.3 Å². The van der Waals surface area contributed by atoms with Gasteiger partial charge in [0.05, 0.1) is 19.4 Å². The van der Waals surface area contributed by atoms with Crippen molar-refractivity contribution in [3.05, 3.63) is 34.9 Å². The maximum absolute atomic E-state index is 5.56. The smallest absolute Gasteiger partial charge is 0.216 e. The largest absolute Gasteiger partial charge is 0.490 e. The number of benzene rings is 1. The number of aromatic nitrogens is 3. The zero-order chi connectivity index (χ0) is 14.4. The van der Waals surface area contributed by atoms with Crippen LogP contribution in [0.15, 0.2) is 29.6 Å². The van der Waals surface area contributed by atoms with E-state index in [1.165, 1.54) is 11.0 Å². The Labute approximate surface area is 122 Å². The predicted octanol–water partition coefficient (Wildman–Crippen LogP) is 2.62. The predicted molar refractivity (Wildman–Crippen MR) is 79.2 cm³/mol. The van der Waals surface area contributed by atoms with Crippen molar-refractivity contribution in [1.29, 1.82) is 0 Å². The number of H-pyrrole nitrogens is 1. The molecule has 1 aromatic carbocycles. The average molecular weight is 292 g/mol. The first-order chi connectivity index (χ1) is 9.74. The summed E-state index contributed by atoms with van der Waals surface area (Å²) in [6, 6.07) is 5.65. The summed E-state index contributed by atoms with van der Waals surface area (Å²) in [6.45, 7) is 5.04. The lowest BCUT2D eigenvalue weighted by molar-refractivity contribution is 0.288. The molecule has 20 heavy (non-hydrogen) atoms. The fourth-order valence-corrected chi connectivity index (χ4v) is 1.75. The van der Waals surface area contributed by atoms with E-state index in [-0.39, 0.29) is 0 Å². The van der Waals surface area contributed by atoms with Crippen molar-refractivity contribution in [3.8, 4) is 11.5 Å². The lowest BCUT2D eigenvalue weighted by atomic mass is 10.2. The van der Waals surface area contributed by atoms with Gasteiger partial charge in [-0.3, -0.25) is 5.10 Å². The minimum Gasteiger partial charge on any atom is -0.490 e. The molecule has 1 aromatic heterocycles. The van der Waals surface area contributed by atoms with Gasteiger partial charge in [-0.2, -0.15) is 14.9 Å². The molecule has 0 aliphatic heterocycles. The molecule has 0 atom stereocenters. The summed E-state index contributed by atoms with van der Waals surface area (Å²) in [5.41, 5.74) is 0.889. The molecule has 0 unspecified atom stereocenters. The Kier molecular flexibility index (Phi) is 4.89. The molecule has 7 heteroatoms. The number of nitrogens with zero attached hydrogens (tertiary/aromatic N) is 3. The first-order valence-corrected chi connectivity index (χ1v) is 6.71. The molecule has 0 fully saturated rings. The molecule has 0 aliphatic rings. The summed E-state index contributed by atoms with van der Waals surface area (Å²) in [4.78, 5) is 0. The highest BCUT2D eigenvalue weighted by Gasteiger charge is 2.05. The lowest BCUT2D eigenvalue weighted by Crippen LogP contribution is -1.99. The molecule has 0 radical (unpaired) electrons. The number of nitrogens with one attached hydrogen (secondary N) is 1. The number of hydrogen-bond donors (Lipinski definition) is 1. The highest BCUT2D eigenvalue weighted by atomic mass is 32.1. The van der Waals surface area contributed by atoms with Gasteiger partial charge in [-0.15, -0.1) is 0 Å². The van der Waals surface area contributed by atoms with Gasteiger partial charge in [-0.1, -0.05) is 0 Å². The fourth-order valence-electron chi connectivity index (χ4n) is 1.60. The molecule has 0 bridgehead atoms. The van der Waals surface area contributed by atoms with Crippen molar-refractivity contribution in [1.82, 2.24) is 14.9 Å². The second-order valence-electron chi connectivity index (χ2n) is 3.82. The number of rotatable bonds is 6. The SMILES string of the molecule is CCOc1ccc(/C=N\n2cn[nH]c2=S)cc1OCC. The summed E-state index contributed by atoms with van der Waals surface area (Å²) in [5, 5.41) is 10.6. The first kappa shape index (κ1) is 14.3. The Hall–Kier alpha value is -2.15. The van der Waals surface area contributed by atoms with Gasteiger partial charge >= 0.3 is 0 Å². The quantitative estimate of drug-likeness (QED) is 0.656. The van der Waals surface area contributed by atoms with E-state index in [0.717, 1.165) is 11.3 Å². The zero-order valence-electron chi connectivity index (χ0n) is 11.4. The maximum Gasteiger partial charge on any atom is 0.216 e. The van der Waals surface area contributed by atoms with E-state index in [4.69, 9.17) is 21.7 Å². The Morgan fingerprint density at radius 2 is 2.05 bits per heavy atom. The molecule has 2 aromatic rings. The Morgan fingerprint density at radius 1 is 1.30 bits per heavy atom. The van der Waals surface area contributed by atoms with Crippen LogP contribution in [0.3, 0.4) is 0 Å². The number of ether oxygens (including phenoxy) is 2. The van der Waals surface area contributed by atoms with Crippen LogP contribution in [0.25, 0.3) is 0 Å². The summed E-state index contributed by atoms with van der Waals surface area (Å²) in [6.07, 6.45) is 3.19. The van der Waals surface area contributed by atoms with Crippen molar-refractivity contribution < 1.29 is 9.47 Å². The molecule has 0 saturated heterocycles. The highest BCUT2D eigenvalue weighted by Crippen LogP contribution is 2.27. The minimum absolute atomic E-state index is 0.442. The second kappa shape index (κ2) is 6.85. The number of hydrogen-bond acceptors (Lipinski definition) is 5. The monoisotopic (exact) mass is 292 g/mol. The third-order valence-electron chi connectivity index (χ3n) is 2.43. The van der Waals surface area contributed by atoms with Crippen LogP contribution in [-0.2, 0) is 0 Å². The van der Waals surface area contributed by atoms with E-state index in [0.29, 0.717) is 23.7 Å². The Bertz CT molecular complexity index is 648. The van der Waals surface area contributed by atoms with Gasteiger partial charge in [0.25, 0.3) is 0 Å². The van der Waals surface area contributed by atoms with Crippen LogP contribution in [0.4, 0.5) is 0 Å². The summed E-state index contributed by atoms with van der Waals surface area (Å²) in [7, 11) is 0. The number of aromatic amines is 1. The first-order valence-electron chi connectivity index (χ1n) is 6.30. The van der Waals surface area contributed by atoms with Gasteiger partial charge in [0, 0.05) is 0 Å². The fraction of sp³-hybridized carbons (Fsp3) is 0.308. The molecule has 0 saturated carbocycles. The molecule has 0 spiro atoms. The molecular formula is C13H16N4O2S. The van der Waals surface area contributed by atoms with Crippen molar-refractivity contribution >= 4 is 18.4 Å². The van der Waals surface area contributed by atoms with Crippen molar-refractivity contribution in [2.24, 2.45) is 5.10 Å². The van der Waals surface area contributed by atoms with Gasteiger partial charge in [-0.05, 0) is 49.8 Å². The Morgan fingerprint density at radius 3 is 2.70 bits per heavy atom. The van der Waals surface area contributed by atoms with E-state index in [2.05, 4.69) is 15.3 Å². The molecule has 0 amide bonds. The third kappa shape index (κ3) is 3.45. The standard InChI is InChI=1S/C13H16N4O2S/c1-3-18-11-6-5-10(7-12(11)19-4-2)8-15-17-9-14-16-13(17)20/h5-9H,3-4H2,1-2H3,(H,16,20)/b15-8-. The highest BCUT2D eigenvalue weighted by molar-refractivity contribution is 7.71. The van der Waals surface area contributed by atoms with Gasteiger partial charge < -0.3 is 9.47 Å². The van der Waals surface area contributed by atoms with E-state index < -0.39 is 0 Å². The second-order valence-corrected chi connectivity index (χ2v) is 4.21. The molecular weight excluding hydrogens is 276 g/mol. The van der Waals surface area contributed by atoms with Gasteiger partial charge in [0.1, 0.15) is 6.33 Å². The normalized spacial score (nSPS) is 10.9. The van der Waals surface area contributed by atoms with Crippen molar-refractivity contribution in [2.75, 3.05) is 13.2 Å². The van der Waals surface area contributed by atoms with Crippen LogP contribution in [0.5, 0.6) is 11.5 Å². The third-order valence-corrected chi connectivity index (χ3v) is 2.71. The molecule has 2 rings (SSSR count). The van der Waals surface area contributed by atoms with Crippen LogP contribution in [0.1, 0.15) is 19.4 Å². The Balaban J connectivity index is 2.24. The molecule has 1 heterocycles. The topological polar surface area (TPSA) is 64.4 Å². The van der Waals surface area contributed by atoms with Crippen LogP contribution in [0.2, 0.25) is 0 Å². The lowest BCUT2D eigenvalue weighted by Gasteiger charge is -2.10. The van der Waals surface area contributed by atoms with Gasteiger partial charge in [-0.25, -0.2) is 0 Å². The van der Waals surface area contributed by atoms with Gasteiger partial charge in [0.2, 0.25) is 4.77 Å². The van der Waals surface area contributed by atoms with E-state index >= 15 is 0 Å². The molecule has 1 N–H and O–H groups in total. The molecule has 0 aliphatic carbocycles. The zero-order valence-corrected chi connectivity index (χ0v) is 12.2. The van der Waals surface area contributed by atoms with E-state index in [9.17, 15) is 0 Å². The minimum atomic E-state index is 0.442. The van der Waals surface area contributed by atoms with Crippen LogP contribution in [0, 0.1) is 4.77 Å². The van der Waals surface area contributed by atoms with Crippen LogP contribution < -0.4 is 9.47 Å². The summed E-state index contributed by atoms with van der Waals surface area (Å²) < 4.78 is 13.0. The van der Waals surface area contributed by atoms with E-state index in [1.54, 1.807) is 6.21 Å².